The van der Waals surface area contributed by atoms with Gasteiger partial charge in [-0.3, -0.25) is 14.8 Å². The first-order valence-electron chi connectivity index (χ1n) is 7.73. The van der Waals surface area contributed by atoms with Crippen LogP contribution in [0.3, 0.4) is 0 Å². The summed E-state index contributed by atoms with van der Waals surface area (Å²) in [6.45, 7) is 8.18. The molecule has 0 aromatic carbocycles. The van der Waals surface area contributed by atoms with E-state index in [0.717, 1.165) is 19.0 Å². The Kier molecular flexibility index (Phi) is 10.0. The molecule has 0 radical (unpaired) electrons. The van der Waals surface area contributed by atoms with Crippen molar-refractivity contribution in [2.45, 2.75) is 18.9 Å². The van der Waals surface area contributed by atoms with E-state index in [1.807, 2.05) is 18.8 Å². The molecule has 7 heteroatoms. The third kappa shape index (κ3) is 6.50. The molecule has 3 heterocycles. The minimum Gasteiger partial charge on any atom is -0.356 e. The van der Waals surface area contributed by atoms with Gasteiger partial charge in [-0.15, -0.1) is 24.0 Å². The van der Waals surface area contributed by atoms with Crippen LogP contribution in [0, 0.1) is 0 Å². The van der Waals surface area contributed by atoms with E-state index in [1.54, 1.807) is 0 Å². The number of fused-ring (bicyclic) bond motifs is 3. The van der Waals surface area contributed by atoms with Gasteiger partial charge >= 0.3 is 0 Å². The van der Waals surface area contributed by atoms with E-state index >= 15 is 0 Å². The number of halogens is 1. The van der Waals surface area contributed by atoms with Gasteiger partial charge in [-0.1, -0.05) is 0 Å². The molecular formula is C14H30IN5S. The molecule has 21 heavy (non-hydrogen) atoms. The number of hydrogen-bond donors (Lipinski definition) is 2. The Labute approximate surface area is 150 Å². The smallest absolute Gasteiger partial charge is 0.191 e. The van der Waals surface area contributed by atoms with E-state index in [2.05, 4.69) is 31.7 Å². The molecule has 0 saturated carbocycles. The molecule has 2 bridgehead atoms. The van der Waals surface area contributed by atoms with Gasteiger partial charge in [-0.25, -0.2) is 0 Å². The molecule has 3 aliphatic heterocycles. The van der Waals surface area contributed by atoms with Gasteiger partial charge in [0.1, 0.15) is 0 Å². The van der Waals surface area contributed by atoms with Gasteiger partial charge < -0.3 is 10.6 Å². The number of piperazine rings is 3. The molecule has 0 aromatic rings. The van der Waals surface area contributed by atoms with Gasteiger partial charge in [0.25, 0.3) is 0 Å². The molecule has 2 N–H and O–H groups in total. The van der Waals surface area contributed by atoms with Crippen LogP contribution in [0.4, 0.5) is 0 Å². The van der Waals surface area contributed by atoms with Gasteiger partial charge in [0.2, 0.25) is 0 Å². The molecule has 3 rings (SSSR count). The molecule has 3 fully saturated rings. The summed E-state index contributed by atoms with van der Waals surface area (Å²) in [7, 11) is 1.86. The first kappa shape index (κ1) is 19.3. The molecule has 3 saturated heterocycles. The average molecular weight is 427 g/mol. The number of unbranched alkanes of at least 4 members (excludes halogenated alkanes) is 1. The second-order valence-corrected chi connectivity index (χ2v) is 6.56. The molecule has 1 unspecified atom stereocenters. The van der Waals surface area contributed by atoms with Crippen molar-refractivity contribution in [2.75, 3.05) is 64.9 Å². The topological polar surface area (TPSA) is 42.9 Å². The second-order valence-electron chi connectivity index (χ2n) is 5.57. The lowest BCUT2D eigenvalue weighted by Crippen LogP contribution is -2.63. The monoisotopic (exact) mass is 427 g/mol. The number of rotatable bonds is 7. The highest BCUT2D eigenvalue weighted by Gasteiger charge is 2.31. The fraction of sp³-hybridized carbons (Fsp3) is 0.929. The number of nitrogens with one attached hydrogen (secondary N) is 2. The molecule has 5 nitrogen and oxygen atoms in total. The van der Waals surface area contributed by atoms with E-state index in [0.29, 0.717) is 6.04 Å². The maximum atomic E-state index is 4.31. The summed E-state index contributed by atoms with van der Waals surface area (Å²) in [5, 5.41) is 6.89. The second kappa shape index (κ2) is 10.9. The van der Waals surface area contributed by atoms with Gasteiger partial charge in [0, 0.05) is 58.9 Å². The van der Waals surface area contributed by atoms with Crippen molar-refractivity contribution in [2.24, 2.45) is 4.99 Å². The lowest BCUT2D eigenvalue weighted by molar-refractivity contribution is 0.0154. The molecule has 0 spiro atoms. The van der Waals surface area contributed by atoms with Crippen LogP contribution in [0.5, 0.6) is 0 Å². The Balaban J connectivity index is 0.00000220. The molecule has 0 aliphatic carbocycles. The Morgan fingerprint density at radius 3 is 2.52 bits per heavy atom. The highest BCUT2D eigenvalue weighted by Crippen LogP contribution is 2.14. The zero-order valence-electron chi connectivity index (χ0n) is 13.3. The van der Waals surface area contributed by atoms with Crippen LogP contribution in [-0.2, 0) is 0 Å². The van der Waals surface area contributed by atoms with Crippen LogP contribution in [0.1, 0.15) is 12.8 Å². The largest absolute Gasteiger partial charge is 0.356 e. The van der Waals surface area contributed by atoms with Crippen LogP contribution < -0.4 is 10.6 Å². The molecule has 0 aromatic heterocycles. The molecular weight excluding hydrogens is 397 g/mol. The third-order valence-corrected chi connectivity index (χ3v) is 4.89. The summed E-state index contributed by atoms with van der Waals surface area (Å²) >= 11 is 1.92. The lowest BCUT2D eigenvalue weighted by atomic mass is 10.1. The van der Waals surface area contributed by atoms with Crippen molar-refractivity contribution in [3.63, 3.8) is 0 Å². The maximum Gasteiger partial charge on any atom is 0.191 e. The van der Waals surface area contributed by atoms with Gasteiger partial charge in [0.15, 0.2) is 5.96 Å². The maximum absolute atomic E-state index is 4.31. The minimum atomic E-state index is 0. The van der Waals surface area contributed by atoms with Gasteiger partial charge in [0.05, 0.1) is 0 Å². The quantitative estimate of drug-likeness (QED) is 0.274. The first-order valence-corrected chi connectivity index (χ1v) is 9.12. The van der Waals surface area contributed by atoms with Crippen LogP contribution in [-0.4, -0.2) is 86.7 Å². The van der Waals surface area contributed by atoms with Crippen molar-refractivity contribution >= 4 is 41.7 Å². The van der Waals surface area contributed by atoms with E-state index in [9.17, 15) is 0 Å². The molecule has 0 amide bonds. The van der Waals surface area contributed by atoms with E-state index in [4.69, 9.17) is 0 Å². The Morgan fingerprint density at radius 2 is 1.95 bits per heavy atom. The Morgan fingerprint density at radius 1 is 1.19 bits per heavy atom. The summed E-state index contributed by atoms with van der Waals surface area (Å²) < 4.78 is 0. The number of guanidine groups is 1. The Bertz CT molecular complexity index is 308. The summed E-state index contributed by atoms with van der Waals surface area (Å²) in [5.41, 5.74) is 0. The lowest BCUT2D eigenvalue weighted by Gasteiger charge is -2.47. The van der Waals surface area contributed by atoms with Crippen molar-refractivity contribution in [3.8, 4) is 0 Å². The predicted molar refractivity (Wildman–Crippen MR) is 104 cm³/mol. The number of nitrogens with zero attached hydrogens (tertiary/aromatic N) is 3. The van der Waals surface area contributed by atoms with Gasteiger partial charge in [-0.05, 0) is 24.9 Å². The summed E-state index contributed by atoms with van der Waals surface area (Å²) in [6.07, 6.45) is 4.65. The summed E-state index contributed by atoms with van der Waals surface area (Å²) in [6, 6.07) is 0.646. The highest BCUT2D eigenvalue weighted by molar-refractivity contribution is 14.0. The first-order chi connectivity index (χ1) is 9.83. The van der Waals surface area contributed by atoms with Crippen LogP contribution in [0.2, 0.25) is 0 Å². The standard InChI is InChI=1S/C14H29N5S.HI/c1-15-14(16-5-3-4-10-20-2)17-11-13-12-18-6-8-19(13)9-7-18;/h13H,3-12H2,1-2H3,(H2,15,16,17);1H. The summed E-state index contributed by atoms with van der Waals surface area (Å²) in [4.78, 5) is 9.49. The van der Waals surface area contributed by atoms with Crippen molar-refractivity contribution in [1.29, 1.82) is 0 Å². The number of aliphatic imine (C=N–C) groups is 1. The van der Waals surface area contributed by atoms with Crippen LogP contribution in [0.25, 0.3) is 0 Å². The normalized spacial score (nSPS) is 28.1. The molecule has 1 atom stereocenters. The van der Waals surface area contributed by atoms with Crippen molar-refractivity contribution in [3.05, 3.63) is 0 Å². The predicted octanol–water partition coefficient (Wildman–Crippen LogP) is 0.912. The highest BCUT2D eigenvalue weighted by atomic mass is 127. The Hall–Kier alpha value is 0.270. The molecule has 124 valence electrons. The number of thioether (sulfide) groups is 1. The SMILES string of the molecule is CN=C(NCCCCSC)NCC1CN2CCN1CC2.I. The zero-order chi connectivity index (χ0) is 14.2. The average Bonchev–Trinajstić information content (AvgIpc) is 2.51. The van der Waals surface area contributed by atoms with Gasteiger partial charge in [-0.2, -0.15) is 11.8 Å². The third-order valence-electron chi connectivity index (χ3n) is 4.19. The fourth-order valence-electron chi connectivity index (χ4n) is 2.93. The van der Waals surface area contributed by atoms with E-state index < -0.39 is 0 Å². The zero-order valence-corrected chi connectivity index (χ0v) is 16.5. The van der Waals surface area contributed by atoms with Crippen LogP contribution >= 0.6 is 35.7 Å². The fourth-order valence-corrected chi connectivity index (χ4v) is 3.42. The number of hydrogen-bond acceptors (Lipinski definition) is 4. The van der Waals surface area contributed by atoms with Crippen LogP contribution in [0.15, 0.2) is 4.99 Å². The van der Waals surface area contributed by atoms with Crippen molar-refractivity contribution in [1.82, 2.24) is 20.4 Å². The summed E-state index contributed by atoms with van der Waals surface area (Å²) in [5.74, 6) is 2.20. The molecule has 3 aliphatic rings. The minimum absolute atomic E-state index is 0. The van der Waals surface area contributed by atoms with E-state index in [-0.39, 0.29) is 24.0 Å². The van der Waals surface area contributed by atoms with Crippen molar-refractivity contribution < 1.29 is 0 Å². The van der Waals surface area contributed by atoms with E-state index in [1.165, 1.54) is 51.3 Å².